The van der Waals surface area contributed by atoms with Crippen molar-refractivity contribution in [3.8, 4) is 0 Å². The summed E-state index contributed by atoms with van der Waals surface area (Å²) in [4.78, 5) is 4.33. The lowest BCUT2D eigenvalue weighted by atomic mass is 10.2. The average Bonchev–Trinajstić information content (AvgIpc) is 2.69. The molecule has 0 saturated heterocycles. The van der Waals surface area contributed by atoms with Gasteiger partial charge in [-0.25, -0.2) is 13.4 Å². The monoisotopic (exact) mass is 396 g/mol. The van der Waals surface area contributed by atoms with Crippen LogP contribution in [-0.4, -0.2) is 18.7 Å². The quantitative estimate of drug-likeness (QED) is 0.519. The highest BCUT2D eigenvalue weighted by molar-refractivity contribution is 7.93. The summed E-state index contributed by atoms with van der Waals surface area (Å²) in [6.07, 6.45) is 1.74. The van der Waals surface area contributed by atoms with Gasteiger partial charge in [-0.1, -0.05) is 30.3 Å². The largest absolute Gasteiger partial charge is 0.381 e. The first kappa shape index (κ1) is 19.7. The van der Waals surface area contributed by atoms with Crippen LogP contribution in [0.15, 0.2) is 72.9 Å². The van der Waals surface area contributed by atoms with Crippen molar-refractivity contribution in [2.75, 3.05) is 15.4 Å². The first-order valence-corrected chi connectivity index (χ1v) is 10.6. The third-order valence-corrected chi connectivity index (χ3v) is 5.90. The SMILES string of the molecule is CC(C)S(=O)(=O)Nc1ccc(Nc2cc(NCc3ccccc3)ccn2)cc1. The van der Waals surface area contributed by atoms with E-state index in [1.165, 1.54) is 5.56 Å². The van der Waals surface area contributed by atoms with Gasteiger partial charge in [-0.2, -0.15) is 0 Å². The molecule has 0 aliphatic heterocycles. The van der Waals surface area contributed by atoms with E-state index in [-0.39, 0.29) is 0 Å². The van der Waals surface area contributed by atoms with Gasteiger partial charge in [0.05, 0.1) is 5.25 Å². The molecule has 0 atom stereocenters. The van der Waals surface area contributed by atoms with Gasteiger partial charge in [-0.3, -0.25) is 4.72 Å². The molecule has 146 valence electrons. The minimum Gasteiger partial charge on any atom is -0.381 e. The van der Waals surface area contributed by atoms with Crippen LogP contribution in [-0.2, 0) is 16.6 Å². The zero-order valence-corrected chi connectivity index (χ0v) is 16.7. The summed E-state index contributed by atoms with van der Waals surface area (Å²) in [5.41, 5.74) is 3.52. The van der Waals surface area contributed by atoms with Gasteiger partial charge in [-0.05, 0) is 49.7 Å². The first-order valence-electron chi connectivity index (χ1n) is 9.05. The van der Waals surface area contributed by atoms with E-state index < -0.39 is 15.3 Å². The molecule has 0 unspecified atom stereocenters. The lowest BCUT2D eigenvalue weighted by molar-refractivity contribution is 0.593. The topological polar surface area (TPSA) is 83.1 Å². The van der Waals surface area contributed by atoms with E-state index in [9.17, 15) is 8.42 Å². The van der Waals surface area contributed by atoms with Crippen molar-refractivity contribution >= 4 is 32.9 Å². The molecule has 28 heavy (non-hydrogen) atoms. The van der Waals surface area contributed by atoms with Crippen LogP contribution in [0.5, 0.6) is 0 Å². The van der Waals surface area contributed by atoms with Crippen LogP contribution in [0, 0.1) is 0 Å². The van der Waals surface area contributed by atoms with Crippen LogP contribution in [0.25, 0.3) is 0 Å². The number of benzene rings is 2. The normalized spacial score (nSPS) is 11.2. The highest BCUT2D eigenvalue weighted by Gasteiger charge is 2.15. The van der Waals surface area contributed by atoms with E-state index in [2.05, 4.69) is 32.5 Å². The molecule has 0 aliphatic carbocycles. The van der Waals surface area contributed by atoms with Crippen LogP contribution < -0.4 is 15.4 Å². The lowest BCUT2D eigenvalue weighted by Crippen LogP contribution is -2.22. The van der Waals surface area contributed by atoms with Crippen LogP contribution in [0.3, 0.4) is 0 Å². The fourth-order valence-electron chi connectivity index (χ4n) is 2.46. The van der Waals surface area contributed by atoms with Crippen molar-refractivity contribution in [1.29, 1.82) is 0 Å². The van der Waals surface area contributed by atoms with Crippen molar-refractivity contribution in [2.24, 2.45) is 0 Å². The maximum absolute atomic E-state index is 11.9. The molecular weight excluding hydrogens is 372 g/mol. The molecule has 0 radical (unpaired) electrons. The predicted octanol–water partition coefficient (Wildman–Crippen LogP) is 4.59. The molecule has 6 nitrogen and oxygen atoms in total. The highest BCUT2D eigenvalue weighted by Crippen LogP contribution is 2.21. The summed E-state index contributed by atoms with van der Waals surface area (Å²) in [5.74, 6) is 0.702. The summed E-state index contributed by atoms with van der Waals surface area (Å²) in [6.45, 7) is 4.01. The average molecular weight is 397 g/mol. The van der Waals surface area contributed by atoms with Gasteiger partial charge in [0, 0.05) is 35.9 Å². The number of rotatable bonds is 8. The molecule has 0 fully saturated rings. The van der Waals surface area contributed by atoms with Gasteiger partial charge in [0.2, 0.25) is 10.0 Å². The number of hydrogen-bond acceptors (Lipinski definition) is 5. The van der Waals surface area contributed by atoms with Crippen molar-refractivity contribution in [1.82, 2.24) is 4.98 Å². The summed E-state index contributed by atoms with van der Waals surface area (Å²) in [7, 11) is -3.35. The molecule has 1 aromatic heterocycles. The van der Waals surface area contributed by atoms with E-state index in [0.717, 1.165) is 17.9 Å². The van der Waals surface area contributed by atoms with E-state index in [4.69, 9.17) is 0 Å². The van der Waals surface area contributed by atoms with Gasteiger partial charge in [-0.15, -0.1) is 0 Å². The van der Waals surface area contributed by atoms with Gasteiger partial charge in [0.1, 0.15) is 5.82 Å². The van der Waals surface area contributed by atoms with Crippen LogP contribution in [0.4, 0.5) is 22.9 Å². The molecule has 2 aromatic carbocycles. The molecule has 0 aliphatic rings. The van der Waals surface area contributed by atoms with Crippen molar-refractivity contribution in [3.05, 3.63) is 78.5 Å². The van der Waals surface area contributed by atoms with Gasteiger partial charge < -0.3 is 10.6 Å². The summed E-state index contributed by atoms with van der Waals surface area (Å²) in [5, 5.41) is 6.12. The zero-order chi connectivity index (χ0) is 20.0. The second-order valence-electron chi connectivity index (χ2n) is 6.67. The first-order chi connectivity index (χ1) is 13.4. The Morgan fingerprint density at radius 1 is 0.893 bits per heavy atom. The third kappa shape index (κ3) is 5.47. The molecular formula is C21H24N4O2S. The molecule has 0 saturated carbocycles. The lowest BCUT2D eigenvalue weighted by Gasteiger charge is -2.12. The summed E-state index contributed by atoms with van der Waals surface area (Å²) in [6, 6.07) is 21.1. The number of hydrogen-bond donors (Lipinski definition) is 3. The Hall–Kier alpha value is -3.06. The van der Waals surface area contributed by atoms with Crippen LogP contribution in [0.2, 0.25) is 0 Å². The minimum atomic E-state index is -3.35. The Balaban J connectivity index is 1.62. The Bertz CT molecular complexity index is 1000. The Labute approximate surface area is 166 Å². The molecule has 1 heterocycles. The number of pyridine rings is 1. The van der Waals surface area contributed by atoms with Gasteiger partial charge >= 0.3 is 0 Å². The second kappa shape index (κ2) is 8.75. The molecule has 0 bridgehead atoms. The smallest absolute Gasteiger partial charge is 0.235 e. The summed E-state index contributed by atoms with van der Waals surface area (Å²) < 4.78 is 26.4. The van der Waals surface area contributed by atoms with Crippen molar-refractivity contribution in [2.45, 2.75) is 25.6 Å². The molecule has 3 aromatic rings. The molecule has 0 spiro atoms. The van der Waals surface area contributed by atoms with Crippen LogP contribution >= 0.6 is 0 Å². The number of nitrogens with one attached hydrogen (secondary N) is 3. The fourth-order valence-corrected chi connectivity index (χ4v) is 3.16. The minimum absolute atomic E-state index is 0.486. The Kier molecular flexibility index (Phi) is 6.16. The number of anilines is 4. The zero-order valence-electron chi connectivity index (χ0n) is 15.9. The maximum Gasteiger partial charge on any atom is 0.235 e. The maximum atomic E-state index is 11.9. The van der Waals surface area contributed by atoms with E-state index in [1.807, 2.05) is 42.5 Å². The van der Waals surface area contributed by atoms with Gasteiger partial charge in [0.25, 0.3) is 0 Å². The third-order valence-electron chi connectivity index (χ3n) is 4.14. The molecule has 0 amide bonds. The van der Waals surface area contributed by atoms with E-state index in [0.29, 0.717) is 11.5 Å². The van der Waals surface area contributed by atoms with E-state index >= 15 is 0 Å². The fraction of sp³-hybridized carbons (Fsp3) is 0.190. The van der Waals surface area contributed by atoms with Crippen molar-refractivity contribution < 1.29 is 8.42 Å². The Morgan fingerprint density at radius 3 is 2.25 bits per heavy atom. The number of sulfonamides is 1. The highest BCUT2D eigenvalue weighted by atomic mass is 32.2. The van der Waals surface area contributed by atoms with Crippen molar-refractivity contribution in [3.63, 3.8) is 0 Å². The number of aromatic nitrogens is 1. The molecule has 3 rings (SSSR count). The summed E-state index contributed by atoms with van der Waals surface area (Å²) >= 11 is 0. The van der Waals surface area contributed by atoms with E-state index in [1.54, 1.807) is 32.2 Å². The molecule has 3 N–H and O–H groups in total. The van der Waals surface area contributed by atoms with Gasteiger partial charge in [0.15, 0.2) is 0 Å². The molecule has 7 heteroatoms. The number of nitrogens with zero attached hydrogens (tertiary/aromatic N) is 1. The second-order valence-corrected chi connectivity index (χ2v) is 8.90. The Morgan fingerprint density at radius 2 is 1.57 bits per heavy atom. The standard InChI is InChI=1S/C21H24N4O2S/c1-16(2)28(26,27)25-19-10-8-18(9-11-19)24-21-14-20(12-13-22-21)23-15-17-6-4-3-5-7-17/h3-14,16,25H,15H2,1-2H3,(H2,22,23,24). The van der Waals surface area contributed by atoms with Crippen LogP contribution in [0.1, 0.15) is 19.4 Å². The predicted molar refractivity (Wildman–Crippen MR) is 115 cm³/mol.